The van der Waals surface area contributed by atoms with Gasteiger partial charge in [0.25, 0.3) is 5.91 Å². The zero-order valence-corrected chi connectivity index (χ0v) is 9.92. The first-order valence-corrected chi connectivity index (χ1v) is 5.66. The monoisotopic (exact) mass is 233 g/mol. The molecule has 90 valence electrons. The van der Waals surface area contributed by atoms with Crippen LogP contribution >= 0.6 is 0 Å². The van der Waals surface area contributed by atoms with Crippen LogP contribution in [0.25, 0.3) is 0 Å². The van der Waals surface area contributed by atoms with Crippen molar-refractivity contribution >= 4 is 11.9 Å². The lowest BCUT2D eigenvalue weighted by molar-refractivity contribution is -0.147. The Morgan fingerprint density at radius 1 is 1.29 bits per heavy atom. The van der Waals surface area contributed by atoms with Crippen LogP contribution in [0.4, 0.5) is 0 Å². The smallest absolute Gasteiger partial charge is 0.330 e. The van der Waals surface area contributed by atoms with E-state index in [1.54, 1.807) is 38.1 Å². The van der Waals surface area contributed by atoms with Gasteiger partial charge in [0.2, 0.25) is 0 Å². The maximum atomic E-state index is 11.9. The van der Waals surface area contributed by atoms with Crippen molar-refractivity contribution in [3.05, 3.63) is 35.9 Å². The van der Waals surface area contributed by atoms with Crippen LogP contribution in [0, 0.1) is 0 Å². The molecule has 1 atom stereocenters. The summed E-state index contributed by atoms with van der Waals surface area (Å²) in [6, 6.07) is 8.54. The molecular weight excluding hydrogens is 218 g/mol. The maximum Gasteiger partial charge on any atom is 0.330 e. The largest absolute Gasteiger partial charge is 0.461 e. The van der Waals surface area contributed by atoms with E-state index in [4.69, 9.17) is 4.74 Å². The molecule has 17 heavy (non-hydrogen) atoms. The van der Waals surface area contributed by atoms with Crippen LogP contribution in [0.3, 0.4) is 0 Å². The van der Waals surface area contributed by atoms with Gasteiger partial charge in [0, 0.05) is 5.56 Å². The lowest BCUT2D eigenvalue weighted by atomic mass is 10.2. The Morgan fingerprint density at radius 3 is 2.53 bits per heavy atom. The SMILES string of the molecule is CC(C)OC(=O)C1CN1C(=O)c1ccccc1. The zero-order valence-electron chi connectivity index (χ0n) is 9.92. The summed E-state index contributed by atoms with van der Waals surface area (Å²) >= 11 is 0. The fourth-order valence-corrected chi connectivity index (χ4v) is 1.62. The molecule has 1 fully saturated rings. The topological polar surface area (TPSA) is 46.4 Å². The Labute approximate surface area is 100 Å². The van der Waals surface area contributed by atoms with Crippen molar-refractivity contribution in [3.63, 3.8) is 0 Å². The van der Waals surface area contributed by atoms with Gasteiger partial charge in [0.05, 0.1) is 12.6 Å². The third-order valence-corrected chi connectivity index (χ3v) is 2.52. The van der Waals surface area contributed by atoms with Crippen molar-refractivity contribution in [2.24, 2.45) is 0 Å². The molecule has 1 aliphatic rings. The van der Waals surface area contributed by atoms with Crippen LogP contribution in [-0.2, 0) is 9.53 Å². The summed E-state index contributed by atoms with van der Waals surface area (Å²) in [5.41, 5.74) is 0.604. The summed E-state index contributed by atoms with van der Waals surface area (Å²) in [6.45, 7) is 4.05. The van der Waals surface area contributed by atoms with E-state index in [0.717, 1.165) is 0 Å². The molecule has 1 aromatic rings. The summed E-state index contributed by atoms with van der Waals surface area (Å²) in [6.07, 6.45) is -0.142. The van der Waals surface area contributed by atoms with Crippen LogP contribution in [-0.4, -0.2) is 35.5 Å². The Kier molecular flexibility index (Phi) is 3.13. The van der Waals surface area contributed by atoms with E-state index in [9.17, 15) is 9.59 Å². The van der Waals surface area contributed by atoms with Crippen molar-refractivity contribution in [2.45, 2.75) is 26.0 Å². The van der Waals surface area contributed by atoms with Gasteiger partial charge in [-0.3, -0.25) is 4.79 Å². The molecular formula is C13H15NO3. The van der Waals surface area contributed by atoms with Gasteiger partial charge < -0.3 is 9.64 Å². The first-order valence-electron chi connectivity index (χ1n) is 5.66. The third kappa shape index (κ3) is 2.64. The zero-order chi connectivity index (χ0) is 12.4. The highest BCUT2D eigenvalue weighted by atomic mass is 16.5. The highest BCUT2D eigenvalue weighted by Gasteiger charge is 2.45. The normalized spacial score (nSPS) is 18.1. The quantitative estimate of drug-likeness (QED) is 0.586. The number of nitrogens with zero attached hydrogens (tertiary/aromatic N) is 1. The second kappa shape index (κ2) is 4.57. The molecule has 1 heterocycles. The number of esters is 1. The van der Waals surface area contributed by atoms with E-state index < -0.39 is 6.04 Å². The minimum atomic E-state index is -0.398. The summed E-state index contributed by atoms with van der Waals surface area (Å²) < 4.78 is 5.06. The summed E-state index contributed by atoms with van der Waals surface area (Å²) in [7, 11) is 0. The Bertz CT molecular complexity index is 428. The lowest BCUT2D eigenvalue weighted by Crippen LogP contribution is -2.23. The Hall–Kier alpha value is -1.84. The number of hydrogen-bond acceptors (Lipinski definition) is 3. The van der Waals surface area contributed by atoms with Crippen LogP contribution in [0.15, 0.2) is 30.3 Å². The van der Waals surface area contributed by atoms with Crippen molar-refractivity contribution in [3.8, 4) is 0 Å². The first kappa shape index (κ1) is 11.6. The van der Waals surface area contributed by atoms with Crippen LogP contribution in [0.2, 0.25) is 0 Å². The second-order valence-corrected chi connectivity index (χ2v) is 4.32. The number of carbonyl (C=O) groups is 2. The van der Waals surface area contributed by atoms with Gasteiger partial charge in [-0.25, -0.2) is 4.79 Å². The van der Waals surface area contributed by atoms with E-state index in [-0.39, 0.29) is 18.0 Å². The molecule has 1 aromatic carbocycles. The highest BCUT2D eigenvalue weighted by Crippen LogP contribution is 2.22. The van der Waals surface area contributed by atoms with Gasteiger partial charge in [0.15, 0.2) is 0 Å². The predicted octanol–water partition coefficient (Wildman–Crippen LogP) is 1.46. The van der Waals surface area contributed by atoms with E-state index in [1.807, 2.05) is 6.07 Å². The molecule has 0 spiro atoms. The standard InChI is InChI=1S/C13H15NO3/c1-9(2)17-13(16)11-8-14(11)12(15)10-6-4-3-5-7-10/h3-7,9,11H,8H2,1-2H3. The number of carbonyl (C=O) groups excluding carboxylic acids is 2. The van der Waals surface area contributed by atoms with E-state index >= 15 is 0 Å². The molecule has 0 radical (unpaired) electrons. The predicted molar refractivity (Wildman–Crippen MR) is 62.5 cm³/mol. The Morgan fingerprint density at radius 2 is 1.94 bits per heavy atom. The van der Waals surface area contributed by atoms with Crippen LogP contribution in [0.5, 0.6) is 0 Å². The van der Waals surface area contributed by atoms with Crippen LogP contribution < -0.4 is 0 Å². The number of amides is 1. The molecule has 0 aromatic heterocycles. The summed E-state index contributed by atoms with van der Waals surface area (Å²) in [5.74, 6) is -0.430. The fourth-order valence-electron chi connectivity index (χ4n) is 1.62. The van der Waals surface area contributed by atoms with Gasteiger partial charge >= 0.3 is 5.97 Å². The molecule has 0 bridgehead atoms. The average Bonchev–Trinajstić information content (AvgIpc) is 3.08. The molecule has 0 aliphatic carbocycles. The van der Waals surface area contributed by atoms with E-state index in [2.05, 4.69) is 0 Å². The first-order chi connectivity index (χ1) is 8.09. The lowest BCUT2D eigenvalue weighted by Gasteiger charge is -2.08. The highest BCUT2D eigenvalue weighted by molar-refractivity contribution is 6.00. The molecule has 1 saturated heterocycles. The molecule has 1 unspecified atom stereocenters. The number of ether oxygens (including phenoxy) is 1. The third-order valence-electron chi connectivity index (χ3n) is 2.52. The molecule has 4 heteroatoms. The molecule has 0 N–H and O–H groups in total. The van der Waals surface area contributed by atoms with Gasteiger partial charge in [-0.1, -0.05) is 18.2 Å². The van der Waals surface area contributed by atoms with Crippen molar-refractivity contribution in [1.29, 1.82) is 0 Å². The summed E-state index contributed by atoms with van der Waals surface area (Å²) in [5, 5.41) is 0. The minimum Gasteiger partial charge on any atom is -0.461 e. The number of rotatable bonds is 3. The molecule has 1 amide bonds. The molecule has 0 saturated carbocycles. The maximum absolute atomic E-state index is 11.9. The van der Waals surface area contributed by atoms with E-state index in [1.165, 1.54) is 4.90 Å². The van der Waals surface area contributed by atoms with Crippen molar-refractivity contribution in [1.82, 2.24) is 4.90 Å². The van der Waals surface area contributed by atoms with E-state index in [0.29, 0.717) is 12.1 Å². The molecule has 4 nitrogen and oxygen atoms in total. The average molecular weight is 233 g/mol. The minimum absolute atomic E-state index is 0.115. The number of benzene rings is 1. The fraction of sp³-hybridized carbons (Fsp3) is 0.385. The van der Waals surface area contributed by atoms with Crippen molar-refractivity contribution < 1.29 is 14.3 Å². The second-order valence-electron chi connectivity index (χ2n) is 4.32. The Balaban J connectivity index is 1.95. The van der Waals surface area contributed by atoms with Crippen molar-refractivity contribution in [2.75, 3.05) is 6.54 Å². The van der Waals surface area contributed by atoms with Gasteiger partial charge in [-0.2, -0.15) is 0 Å². The van der Waals surface area contributed by atoms with Gasteiger partial charge in [-0.05, 0) is 26.0 Å². The van der Waals surface area contributed by atoms with Gasteiger partial charge in [0.1, 0.15) is 6.04 Å². The van der Waals surface area contributed by atoms with Crippen LogP contribution in [0.1, 0.15) is 24.2 Å². The molecule has 2 rings (SSSR count). The summed E-state index contributed by atoms with van der Waals surface area (Å²) in [4.78, 5) is 25.0. The number of hydrogen-bond donors (Lipinski definition) is 0. The molecule has 1 aliphatic heterocycles. The van der Waals surface area contributed by atoms with Gasteiger partial charge in [-0.15, -0.1) is 0 Å².